The lowest BCUT2D eigenvalue weighted by Gasteiger charge is -2.09. The van der Waals surface area contributed by atoms with E-state index in [0.717, 1.165) is 11.1 Å². The molecule has 0 radical (unpaired) electrons. The van der Waals surface area contributed by atoms with Gasteiger partial charge in [0.05, 0.1) is 20.0 Å². The molecule has 0 unspecified atom stereocenters. The summed E-state index contributed by atoms with van der Waals surface area (Å²) in [5, 5.41) is 3.47. The summed E-state index contributed by atoms with van der Waals surface area (Å²) in [7, 11) is 2.01. The number of benzene rings is 2. The molecule has 1 atom stereocenters. The number of hydrogen-bond acceptors (Lipinski definition) is 5. The van der Waals surface area contributed by atoms with E-state index in [4.69, 9.17) is 25.5 Å². The molecule has 6 nitrogen and oxygen atoms in total. The lowest BCUT2D eigenvalue weighted by atomic mass is 10.1. The number of rotatable bonds is 10. The van der Waals surface area contributed by atoms with E-state index < -0.39 is 10.8 Å². The van der Waals surface area contributed by atoms with Crippen LogP contribution in [-0.4, -0.2) is 30.9 Å². The predicted molar refractivity (Wildman–Crippen MR) is 121 cm³/mol. The van der Waals surface area contributed by atoms with Gasteiger partial charge in [-0.1, -0.05) is 29.8 Å². The molecule has 0 saturated carbocycles. The standard InChI is InChI=1S/C23H24ClNO5S/c1-28-20-9-5-16(13-22(20)29-2)11-12-25-23(26)21-10-8-19(30-21)15-31(27)14-17-3-6-18(24)7-4-17/h3-10,13H,11-12,14-15H2,1-2H3,(H,25,26)/t31-/m0/s1. The molecule has 1 aromatic heterocycles. The molecule has 1 N–H and O–H groups in total. The molecule has 0 aliphatic carbocycles. The van der Waals surface area contributed by atoms with Crippen LogP contribution in [-0.2, 0) is 28.7 Å². The molecule has 1 amide bonds. The fourth-order valence-corrected chi connectivity index (χ4v) is 4.26. The van der Waals surface area contributed by atoms with Crippen LogP contribution in [0.2, 0.25) is 5.02 Å². The van der Waals surface area contributed by atoms with Crippen molar-refractivity contribution in [3.8, 4) is 11.5 Å². The molecule has 0 aliphatic rings. The maximum absolute atomic E-state index is 12.4. The van der Waals surface area contributed by atoms with Gasteiger partial charge in [-0.2, -0.15) is 0 Å². The van der Waals surface area contributed by atoms with Crippen LogP contribution >= 0.6 is 11.6 Å². The third-order valence-electron chi connectivity index (χ3n) is 4.58. The van der Waals surface area contributed by atoms with Crippen molar-refractivity contribution in [2.45, 2.75) is 17.9 Å². The van der Waals surface area contributed by atoms with Crippen LogP contribution in [0, 0.1) is 0 Å². The second-order valence-electron chi connectivity index (χ2n) is 6.82. The number of hydrogen-bond donors (Lipinski definition) is 1. The number of nitrogens with one attached hydrogen (secondary N) is 1. The first-order chi connectivity index (χ1) is 15.0. The Bertz CT molecular complexity index is 1050. The third-order valence-corrected chi connectivity index (χ3v) is 6.09. The maximum atomic E-state index is 12.4. The minimum Gasteiger partial charge on any atom is -0.493 e. The number of amides is 1. The summed E-state index contributed by atoms with van der Waals surface area (Å²) in [5.74, 6) is 2.34. The van der Waals surface area contributed by atoms with Crippen molar-refractivity contribution in [2.24, 2.45) is 0 Å². The van der Waals surface area contributed by atoms with Crippen molar-refractivity contribution in [1.29, 1.82) is 0 Å². The van der Waals surface area contributed by atoms with Crippen LogP contribution in [0.15, 0.2) is 59.0 Å². The molecule has 0 aliphatic heterocycles. The van der Waals surface area contributed by atoms with Gasteiger partial charge >= 0.3 is 0 Å². The molecule has 0 bridgehead atoms. The molecule has 164 valence electrons. The van der Waals surface area contributed by atoms with Crippen molar-refractivity contribution in [2.75, 3.05) is 20.8 Å². The van der Waals surface area contributed by atoms with Crippen molar-refractivity contribution in [3.05, 3.63) is 82.3 Å². The summed E-state index contributed by atoms with van der Waals surface area (Å²) < 4.78 is 28.5. The van der Waals surface area contributed by atoms with Gasteiger partial charge in [-0.05, 0) is 53.9 Å². The van der Waals surface area contributed by atoms with Crippen molar-refractivity contribution < 1.29 is 22.9 Å². The Kier molecular flexibility index (Phi) is 8.14. The van der Waals surface area contributed by atoms with Gasteiger partial charge in [-0.25, -0.2) is 0 Å². The lowest BCUT2D eigenvalue weighted by Crippen LogP contribution is -2.25. The molecule has 2 aromatic carbocycles. The first kappa shape index (κ1) is 22.9. The SMILES string of the molecule is COc1ccc(CCNC(=O)c2ccc(C[S@@](=O)Cc3ccc(Cl)cc3)o2)cc1OC. The molecule has 8 heteroatoms. The average Bonchev–Trinajstić information content (AvgIpc) is 3.23. The van der Waals surface area contributed by atoms with Crippen molar-refractivity contribution >= 4 is 28.3 Å². The molecular formula is C23H24ClNO5S. The summed E-state index contributed by atoms with van der Waals surface area (Å²) in [5.41, 5.74) is 1.94. The number of ether oxygens (including phenoxy) is 2. The summed E-state index contributed by atoms with van der Waals surface area (Å²) in [4.78, 5) is 12.3. The quantitative estimate of drug-likeness (QED) is 0.485. The summed E-state index contributed by atoms with van der Waals surface area (Å²) in [6.45, 7) is 0.437. The van der Waals surface area contributed by atoms with E-state index >= 15 is 0 Å². The molecule has 31 heavy (non-hydrogen) atoms. The molecule has 0 spiro atoms. The first-order valence-corrected chi connectivity index (χ1v) is 11.5. The third kappa shape index (κ3) is 6.60. The summed E-state index contributed by atoms with van der Waals surface area (Å²) in [6.07, 6.45) is 0.630. The predicted octanol–water partition coefficient (Wildman–Crippen LogP) is 4.37. The Labute approximate surface area is 189 Å². The van der Waals surface area contributed by atoms with Crippen LogP contribution < -0.4 is 14.8 Å². The Morgan fingerprint density at radius 3 is 2.39 bits per heavy atom. The number of carbonyl (C=O) groups excluding carboxylic acids is 1. The monoisotopic (exact) mass is 461 g/mol. The number of halogens is 1. The van der Waals surface area contributed by atoms with E-state index in [-0.39, 0.29) is 17.4 Å². The van der Waals surface area contributed by atoms with Crippen molar-refractivity contribution in [3.63, 3.8) is 0 Å². The zero-order valence-electron chi connectivity index (χ0n) is 17.4. The zero-order valence-corrected chi connectivity index (χ0v) is 18.9. The Hall–Kier alpha value is -2.77. The second-order valence-corrected chi connectivity index (χ2v) is 8.71. The fourth-order valence-electron chi connectivity index (χ4n) is 3.00. The van der Waals surface area contributed by atoms with Crippen LogP contribution in [0.1, 0.15) is 27.4 Å². The van der Waals surface area contributed by atoms with E-state index in [1.807, 2.05) is 30.3 Å². The van der Waals surface area contributed by atoms with E-state index in [2.05, 4.69) is 5.32 Å². The Morgan fingerprint density at radius 2 is 1.68 bits per heavy atom. The van der Waals surface area contributed by atoms with E-state index in [1.165, 1.54) is 0 Å². The maximum Gasteiger partial charge on any atom is 0.287 e. The van der Waals surface area contributed by atoms with Gasteiger partial charge in [0.1, 0.15) is 5.76 Å². The van der Waals surface area contributed by atoms with Crippen LogP contribution in [0.3, 0.4) is 0 Å². The van der Waals surface area contributed by atoms with Gasteiger partial charge in [-0.15, -0.1) is 0 Å². The van der Waals surface area contributed by atoms with Crippen LogP contribution in [0.5, 0.6) is 11.5 Å². The van der Waals surface area contributed by atoms with E-state index in [1.54, 1.807) is 38.5 Å². The minimum atomic E-state index is -1.16. The highest BCUT2D eigenvalue weighted by atomic mass is 35.5. The molecule has 0 saturated heterocycles. The van der Waals surface area contributed by atoms with Gasteiger partial charge in [0.25, 0.3) is 5.91 Å². The topological polar surface area (TPSA) is 77.8 Å². The van der Waals surface area contributed by atoms with E-state index in [0.29, 0.717) is 41.0 Å². The van der Waals surface area contributed by atoms with Crippen LogP contribution in [0.25, 0.3) is 0 Å². The molecule has 3 aromatic rings. The van der Waals surface area contributed by atoms with Crippen LogP contribution in [0.4, 0.5) is 0 Å². The highest BCUT2D eigenvalue weighted by Crippen LogP contribution is 2.27. The number of methoxy groups -OCH3 is 2. The van der Waals surface area contributed by atoms with Gasteiger partial charge in [0.2, 0.25) is 0 Å². The smallest absolute Gasteiger partial charge is 0.287 e. The summed E-state index contributed by atoms with van der Waals surface area (Å²) in [6, 6.07) is 16.2. The molecule has 3 rings (SSSR count). The first-order valence-electron chi connectivity index (χ1n) is 9.65. The Morgan fingerprint density at radius 1 is 0.968 bits per heavy atom. The fraction of sp³-hybridized carbons (Fsp3) is 0.261. The summed E-state index contributed by atoms with van der Waals surface area (Å²) >= 11 is 5.87. The van der Waals surface area contributed by atoms with Gasteiger partial charge in [0.15, 0.2) is 17.3 Å². The zero-order chi connectivity index (χ0) is 22.2. The van der Waals surface area contributed by atoms with E-state index in [9.17, 15) is 9.00 Å². The number of carbonyl (C=O) groups is 1. The highest BCUT2D eigenvalue weighted by Gasteiger charge is 2.13. The van der Waals surface area contributed by atoms with Crippen molar-refractivity contribution in [1.82, 2.24) is 5.32 Å². The van der Waals surface area contributed by atoms with Gasteiger partial charge < -0.3 is 19.2 Å². The molecule has 1 heterocycles. The average molecular weight is 462 g/mol. The highest BCUT2D eigenvalue weighted by molar-refractivity contribution is 7.83. The largest absolute Gasteiger partial charge is 0.493 e. The molecular weight excluding hydrogens is 438 g/mol. The van der Waals surface area contributed by atoms with Gasteiger partial charge in [0, 0.05) is 28.1 Å². The normalized spacial score (nSPS) is 11.7. The number of furan rings is 1. The molecule has 0 fully saturated rings. The Balaban J connectivity index is 1.48. The second kappa shape index (κ2) is 11.0. The lowest BCUT2D eigenvalue weighted by molar-refractivity contribution is 0.0925. The van der Waals surface area contributed by atoms with Gasteiger partial charge in [-0.3, -0.25) is 9.00 Å². The minimum absolute atomic E-state index is 0.200.